The fourth-order valence-corrected chi connectivity index (χ4v) is 2.49. The average Bonchev–Trinajstić information content (AvgIpc) is 2.54. The topological polar surface area (TPSA) is 48.9 Å². The van der Waals surface area contributed by atoms with E-state index in [1.165, 1.54) is 12.1 Å². The second-order valence-corrected chi connectivity index (χ2v) is 5.78. The summed E-state index contributed by atoms with van der Waals surface area (Å²) < 4.78 is 18.6. The van der Waals surface area contributed by atoms with Gasteiger partial charge in [0.2, 0.25) is 0 Å². The van der Waals surface area contributed by atoms with Crippen molar-refractivity contribution < 1.29 is 9.13 Å². The number of rotatable bonds is 6. The largest absolute Gasteiger partial charge is 0.374 e. The zero-order valence-electron chi connectivity index (χ0n) is 14.0. The lowest BCUT2D eigenvalue weighted by molar-refractivity contribution is -0.0136. The van der Waals surface area contributed by atoms with Gasteiger partial charge in [-0.05, 0) is 38.1 Å². The fraction of sp³-hybridized carbons (Fsp3) is 0.588. The number of hydrogen-bond acceptors (Lipinski definition) is 3. The van der Waals surface area contributed by atoms with Gasteiger partial charge in [0.1, 0.15) is 5.82 Å². The molecule has 0 bridgehead atoms. The van der Waals surface area contributed by atoms with Crippen LogP contribution in [-0.2, 0) is 11.2 Å². The molecule has 2 N–H and O–H groups in total. The highest BCUT2D eigenvalue weighted by Crippen LogP contribution is 2.04. The molecular formula is C17H27FN4O. The Kier molecular flexibility index (Phi) is 7.29. The SMILES string of the molecule is CCNC(=NCC1CN(C)CCO1)NCCc1ccc(F)cc1. The van der Waals surface area contributed by atoms with Crippen molar-refractivity contribution >= 4 is 5.96 Å². The molecule has 6 heteroatoms. The van der Waals surface area contributed by atoms with Crippen molar-refractivity contribution in [3.8, 4) is 0 Å². The van der Waals surface area contributed by atoms with Gasteiger partial charge in [0, 0.05) is 26.2 Å². The van der Waals surface area contributed by atoms with E-state index in [0.717, 1.165) is 50.7 Å². The molecule has 0 amide bonds. The van der Waals surface area contributed by atoms with Crippen LogP contribution >= 0.6 is 0 Å². The number of guanidine groups is 1. The van der Waals surface area contributed by atoms with Crippen LogP contribution < -0.4 is 10.6 Å². The van der Waals surface area contributed by atoms with Crippen molar-refractivity contribution in [2.75, 3.05) is 46.4 Å². The Morgan fingerprint density at radius 3 is 2.83 bits per heavy atom. The molecule has 1 atom stereocenters. The van der Waals surface area contributed by atoms with Crippen molar-refractivity contribution in [2.24, 2.45) is 4.99 Å². The molecule has 1 aromatic rings. The Balaban J connectivity index is 1.78. The zero-order chi connectivity index (χ0) is 16.5. The van der Waals surface area contributed by atoms with E-state index in [1.807, 2.05) is 19.1 Å². The molecule has 1 heterocycles. The maximum absolute atomic E-state index is 12.9. The number of nitrogens with zero attached hydrogens (tertiary/aromatic N) is 2. The lowest BCUT2D eigenvalue weighted by Crippen LogP contribution is -2.43. The third-order valence-corrected chi connectivity index (χ3v) is 3.76. The van der Waals surface area contributed by atoms with Gasteiger partial charge in [0.15, 0.2) is 5.96 Å². The molecule has 1 aliphatic heterocycles. The molecule has 0 aromatic heterocycles. The van der Waals surface area contributed by atoms with Gasteiger partial charge in [-0.2, -0.15) is 0 Å². The van der Waals surface area contributed by atoms with Crippen LogP contribution in [0.5, 0.6) is 0 Å². The first-order valence-corrected chi connectivity index (χ1v) is 8.24. The number of halogens is 1. The molecule has 0 radical (unpaired) electrons. The molecule has 1 unspecified atom stereocenters. The van der Waals surface area contributed by atoms with Crippen molar-refractivity contribution in [3.63, 3.8) is 0 Å². The van der Waals surface area contributed by atoms with Gasteiger partial charge in [-0.1, -0.05) is 12.1 Å². The minimum Gasteiger partial charge on any atom is -0.374 e. The summed E-state index contributed by atoms with van der Waals surface area (Å²) in [4.78, 5) is 6.86. The first-order valence-electron chi connectivity index (χ1n) is 8.24. The standard InChI is InChI=1S/C17H27FN4O/c1-3-19-17(21-12-16-13-22(2)10-11-23-16)20-9-8-14-4-6-15(18)7-5-14/h4-7,16H,3,8-13H2,1-2H3,(H2,19,20,21). The number of morpholine rings is 1. The van der Waals surface area contributed by atoms with E-state index in [9.17, 15) is 4.39 Å². The first kappa shape index (κ1) is 17.7. The van der Waals surface area contributed by atoms with E-state index in [-0.39, 0.29) is 11.9 Å². The summed E-state index contributed by atoms with van der Waals surface area (Å²) in [5.41, 5.74) is 1.10. The van der Waals surface area contributed by atoms with E-state index < -0.39 is 0 Å². The van der Waals surface area contributed by atoms with Crippen molar-refractivity contribution in [2.45, 2.75) is 19.4 Å². The summed E-state index contributed by atoms with van der Waals surface area (Å²) in [6.45, 7) is 6.93. The highest BCUT2D eigenvalue weighted by molar-refractivity contribution is 5.79. The average molecular weight is 322 g/mol. The van der Waals surface area contributed by atoms with Crippen LogP contribution in [0.25, 0.3) is 0 Å². The Hall–Kier alpha value is -1.66. The molecule has 2 rings (SSSR count). The second-order valence-electron chi connectivity index (χ2n) is 5.78. The van der Waals surface area contributed by atoms with Crippen LogP contribution in [-0.4, -0.2) is 63.3 Å². The Bertz CT molecular complexity index is 492. The smallest absolute Gasteiger partial charge is 0.191 e. The first-order chi connectivity index (χ1) is 11.2. The quantitative estimate of drug-likeness (QED) is 0.611. The van der Waals surface area contributed by atoms with E-state index in [2.05, 4.69) is 27.6 Å². The molecule has 1 aliphatic rings. The number of hydrogen-bond donors (Lipinski definition) is 2. The number of aliphatic imine (C=N–C) groups is 1. The van der Waals surface area contributed by atoms with Crippen LogP contribution in [0.1, 0.15) is 12.5 Å². The predicted molar refractivity (Wildman–Crippen MR) is 91.3 cm³/mol. The molecule has 128 valence electrons. The molecule has 0 aliphatic carbocycles. The Morgan fingerprint density at radius 1 is 1.35 bits per heavy atom. The Labute approximate surface area is 137 Å². The maximum Gasteiger partial charge on any atom is 0.191 e. The zero-order valence-corrected chi connectivity index (χ0v) is 14.0. The summed E-state index contributed by atoms with van der Waals surface area (Å²) >= 11 is 0. The molecule has 0 saturated carbocycles. The van der Waals surface area contributed by atoms with E-state index in [4.69, 9.17) is 4.74 Å². The molecule has 1 aromatic carbocycles. The van der Waals surface area contributed by atoms with Crippen molar-refractivity contribution in [1.29, 1.82) is 0 Å². The van der Waals surface area contributed by atoms with Crippen LogP contribution in [0.4, 0.5) is 4.39 Å². The highest BCUT2D eigenvalue weighted by atomic mass is 19.1. The summed E-state index contributed by atoms with van der Waals surface area (Å²) in [6, 6.07) is 6.61. The molecule has 23 heavy (non-hydrogen) atoms. The summed E-state index contributed by atoms with van der Waals surface area (Å²) in [5.74, 6) is 0.598. The summed E-state index contributed by atoms with van der Waals surface area (Å²) in [5, 5.41) is 6.55. The Morgan fingerprint density at radius 2 is 2.13 bits per heavy atom. The lowest BCUT2D eigenvalue weighted by atomic mass is 10.1. The van der Waals surface area contributed by atoms with Crippen LogP contribution in [0.2, 0.25) is 0 Å². The van der Waals surface area contributed by atoms with Gasteiger partial charge >= 0.3 is 0 Å². The fourth-order valence-electron chi connectivity index (χ4n) is 2.49. The molecule has 1 saturated heterocycles. The highest BCUT2D eigenvalue weighted by Gasteiger charge is 2.17. The van der Waals surface area contributed by atoms with Gasteiger partial charge in [0.25, 0.3) is 0 Å². The maximum atomic E-state index is 12.9. The summed E-state index contributed by atoms with van der Waals surface area (Å²) in [6.07, 6.45) is 0.981. The van der Waals surface area contributed by atoms with Crippen molar-refractivity contribution in [3.05, 3.63) is 35.6 Å². The van der Waals surface area contributed by atoms with E-state index >= 15 is 0 Å². The molecule has 0 spiro atoms. The monoisotopic (exact) mass is 322 g/mol. The van der Waals surface area contributed by atoms with Crippen LogP contribution in [0, 0.1) is 5.82 Å². The number of benzene rings is 1. The predicted octanol–water partition coefficient (Wildman–Crippen LogP) is 1.25. The number of likely N-dealkylation sites (N-methyl/N-ethyl adjacent to an activating group) is 1. The molecule has 5 nitrogen and oxygen atoms in total. The lowest BCUT2D eigenvalue weighted by Gasteiger charge is -2.29. The van der Waals surface area contributed by atoms with Gasteiger partial charge < -0.3 is 20.3 Å². The van der Waals surface area contributed by atoms with E-state index in [0.29, 0.717) is 6.54 Å². The molecule has 1 fully saturated rings. The van der Waals surface area contributed by atoms with Gasteiger partial charge in [-0.25, -0.2) is 4.39 Å². The summed E-state index contributed by atoms with van der Waals surface area (Å²) in [7, 11) is 2.10. The third kappa shape index (κ3) is 6.54. The minimum atomic E-state index is -0.200. The van der Waals surface area contributed by atoms with Crippen LogP contribution in [0.3, 0.4) is 0 Å². The van der Waals surface area contributed by atoms with Crippen molar-refractivity contribution in [1.82, 2.24) is 15.5 Å². The second kappa shape index (κ2) is 9.47. The van der Waals surface area contributed by atoms with Gasteiger partial charge in [0.05, 0.1) is 19.3 Å². The number of ether oxygens (including phenoxy) is 1. The van der Waals surface area contributed by atoms with Gasteiger partial charge in [-0.15, -0.1) is 0 Å². The normalized spacial score (nSPS) is 19.6. The number of nitrogens with one attached hydrogen (secondary N) is 2. The van der Waals surface area contributed by atoms with E-state index in [1.54, 1.807) is 0 Å². The molecular weight excluding hydrogens is 295 g/mol. The van der Waals surface area contributed by atoms with Gasteiger partial charge in [-0.3, -0.25) is 4.99 Å². The third-order valence-electron chi connectivity index (χ3n) is 3.76. The van der Waals surface area contributed by atoms with Crippen LogP contribution in [0.15, 0.2) is 29.3 Å². The minimum absolute atomic E-state index is 0.154.